The number of amides is 3. The summed E-state index contributed by atoms with van der Waals surface area (Å²) < 4.78 is 94.6. The first-order valence-corrected chi connectivity index (χ1v) is 25.7. The normalized spacial score (nSPS) is 14.3. The highest BCUT2D eigenvalue weighted by Gasteiger charge is 2.34. The molecule has 5 N–H and O–H groups in total. The van der Waals surface area contributed by atoms with Gasteiger partial charge in [0.2, 0.25) is 0 Å². The van der Waals surface area contributed by atoms with E-state index < -0.39 is 53.3 Å². The fraction of sp³-hybridized carbons (Fsp3) is 0.339. The molecule has 6 aromatic rings. The van der Waals surface area contributed by atoms with Crippen molar-refractivity contribution in [3.05, 3.63) is 142 Å². The maximum Gasteiger partial charge on any atom is 0.433 e. The molecule has 4 aromatic heterocycles. The van der Waals surface area contributed by atoms with Crippen LogP contribution in [0.5, 0.6) is 0 Å². The summed E-state index contributed by atoms with van der Waals surface area (Å²) in [6, 6.07) is 21.2. The second-order valence-corrected chi connectivity index (χ2v) is 19.9. The molecule has 2 atom stereocenters. The monoisotopic (exact) mass is 1120 g/mol. The fourth-order valence-electron chi connectivity index (χ4n) is 8.15. The van der Waals surface area contributed by atoms with Gasteiger partial charge in [0.15, 0.2) is 0 Å². The van der Waals surface area contributed by atoms with Crippen molar-refractivity contribution in [1.82, 2.24) is 25.3 Å². The van der Waals surface area contributed by atoms with Crippen LogP contribution in [-0.2, 0) is 26.6 Å². The van der Waals surface area contributed by atoms with Gasteiger partial charge in [-0.25, -0.2) is 14.8 Å². The number of carbonyl (C=O) groups excluding carboxylic acids is 3. The average molecular weight is 1120 g/mol. The number of hydrogen-bond acceptors (Lipinski definition) is 13. The molecule has 0 bridgehead atoms. The number of anilines is 4. The van der Waals surface area contributed by atoms with Crippen LogP contribution in [0.2, 0.25) is 0 Å². The van der Waals surface area contributed by atoms with Crippen LogP contribution in [0.15, 0.2) is 97.3 Å². The number of hydrogen-bond donors (Lipinski definition) is 4. The molecular weight excluding hydrogens is 1060 g/mol. The second kappa shape index (κ2) is 26.1. The fourth-order valence-corrected chi connectivity index (χ4v) is 8.15. The average Bonchev–Trinajstić information content (AvgIpc) is 3.45. The van der Waals surface area contributed by atoms with E-state index >= 15 is 0 Å². The Morgan fingerprint density at radius 3 is 1.43 bits per heavy atom. The van der Waals surface area contributed by atoms with Gasteiger partial charge in [0, 0.05) is 61.1 Å². The maximum absolute atomic E-state index is 13.1. The Kier molecular flexibility index (Phi) is 19.4. The Bertz CT molecular complexity index is 3390. The molecule has 2 aliphatic heterocycles. The van der Waals surface area contributed by atoms with E-state index in [4.69, 9.17) is 29.9 Å². The summed E-state index contributed by atoms with van der Waals surface area (Å²) in [6.07, 6.45) is -7.97. The van der Waals surface area contributed by atoms with Gasteiger partial charge >= 0.3 is 18.4 Å². The van der Waals surface area contributed by atoms with Crippen molar-refractivity contribution in [1.29, 1.82) is 0 Å². The van der Waals surface area contributed by atoms with Gasteiger partial charge in [-0.1, -0.05) is 24.0 Å². The first kappa shape index (κ1) is 60.1. The molecule has 22 heteroatoms. The van der Waals surface area contributed by atoms with Gasteiger partial charge in [0.25, 0.3) is 11.8 Å². The Morgan fingerprint density at radius 1 is 0.617 bits per heavy atom. The summed E-state index contributed by atoms with van der Waals surface area (Å²) in [6.45, 7) is 17.6. The number of alkyl carbamates (subject to hydrolysis) is 1. The lowest BCUT2D eigenvalue weighted by Crippen LogP contribution is -2.37. The SMILES string of the molecule is Cc1ccc(NC(=O)c2ccnc(C(F)(F)F)c2)cc1-c1cc(C#C[C@@H](C)N)nc(N2CCOCC2)c1.Cc1ccc(NC(=O)c2ccnc(C(F)(F)F)c2)cc1-c1cc(C#C[C@@H](C)NC(=O)OC(C)(C)C)nc(N2CCOCC2)c1. The Labute approximate surface area is 465 Å². The van der Waals surface area contributed by atoms with Gasteiger partial charge < -0.3 is 45.7 Å². The summed E-state index contributed by atoms with van der Waals surface area (Å²) >= 11 is 0. The topological polar surface area (TPSA) is 199 Å². The van der Waals surface area contributed by atoms with Crippen molar-refractivity contribution in [2.45, 2.75) is 78.5 Å². The van der Waals surface area contributed by atoms with Gasteiger partial charge in [-0.15, -0.1) is 0 Å². The van der Waals surface area contributed by atoms with Gasteiger partial charge in [-0.05, 0) is 166 Å². The molecule has 0 unspecified atom stereocenters. The number of rotatable bonds is 9. The highest BCUT2D eigenvalue weighted by Crippen LogP contribution is 2.34. The molecule has 6 heterocycles. The summed E-state index contributed by atoms with van der Waals surface area (Å²) in [7, 11) is 0. The van der Waals surface area contributed by atoms with Crippen molar-refractivity contribution in [2.75, 3.05) is 73.0 Å². The molecule has 3 amide bonds. The molecular formula is C59H60F6N10O6. The number of carbonyl (C=O) groups is 3. The van der Waals surface area contributed by atoms with Crippen LogP contribution in [0, 0.1) is 37.5 Å². The number of nitrogens with one attached hydrogen (secondary N) is 3. The maximum atomic E-state index is 13.1. The third kappa shape index (κ3) is 17.5. The first-order chi connectivity index (χ1) is 38.3. The van der Waals surface area contributed by atoms with Gasteiger partial charge in [0.1, 0.15) is 40.0 Å². The molecule has 81 heavy (non-hydrogen) atoms. The van der Waals surface area contributed by atoms with E-state index in [1.807, 2.05) is 50.2 Å². The molecule has 0 aliphatic carbocycles. The summed E-state index contributed by atoms with van der Waals surface area (Å²) in [5.74, 6) is 12.1. The van der Waals surface area contributed by atoms with Crippen LogP contribution in [0.1, 0.15) is 89.2 Å². The third-order valence-corrected chi connectivity index (χ3v) is 12.1. The lowest BCUT2D eigenvalue weighted by atomic mass is 9.99. The minimum Gasteiger partial charge on any atom is -0.444 e. The smallest absolute Gasteiger partial charge is 0.433 e. The number of ether oxygens (including phenoxy) is 3. The number of aromatic nitrogens is 4. The molecule has 2 aliphatic rings. The number of nitrogens with zero attached hydrogens (tertiary/aromatic N) is 6. The zero-order valence-corrected chi connectivity index (χ0v) is 45.5. The Balaban J connectivity index is 0.000000237. The number of halogens is 6. The molecule has 2 saturated heterocycles. The Hall–Kier alpha value is -8.57. The second-order valence-electron chi connectivity index (χ2n) is 19.9. The number of pyridine rings is 4. The predicted octanol–water partition coefficient (Wildman–Crippen LogP) is 10.1. The van der Waals surface area contributed by atoms with E-state index in [2.05, 4.69) is 59.4 Å². The lowest BCUT2D eigenvalue weighted by molar-refractivity contribution is -0.142. The molecule has 2 aromatic carbocycles. The van der Waals surface area contributed by atoms with E-state index in [0.29, 0.717) is 87.3 Å². The summed E-state index contributed by atoms with van der Waals surface area (Å²) in [5, 5.41) is 8.07. The first-order valence-electron chi connectivity index (χ1n) is 25.7. The van der Waals surface area contributed by atoms with Crippen LogP contribution in [0.3, 0.4) is 0 Å². The van der Waals surface area contributed by atoms with Crippen molar-refractivity contribution >= 4 is 40.9 Å². The Morgan fingerprint density at radius 2 is 1.04 bits per heavy atom. The highest BCUT2D eigenvalue weighted by molar-refractivity contribution is 6.05. The number of benzene rings is 2. The van der Waals surface area contributed by atoms with Crippen LogP contribution >= 0.6 is 0 Å². The van der Waals surface area contributed by atoms with E-state index in [9.17, 15) is 40.7 Å². The largest absolute Gasteiger partial charge is 0.444 e. The zero-order chi connectivity index (χ0) is 58.6. The number of morpholine rings is 2. The van der Waals surface area contributed by atoms with Crippen molar-refractivity contribution in [3.8, 4) is 45.9 Å². The lowest BCUT2D eigenvalue weighted by Gasteiger charge is -2.28. The minimum atomic E-state index is -4.67. The van der Waals surface area contributed by atoms with E-state index in [0.717, 1.165) is 57.7 Å². The minimum absolute atomic E-state index is 0.142. The van der Waals surface area contributed by atoms with Crippen molar-refractivity contribution in [2.24, 2.45) is 5.73 Å². The van der Waals surface area contributed by atoms with Crippen LogP contribution in [0.4, 0.5) is 54.1 Å². The molecule has 0 radical (unpaired) electrons. The van der Waals surface area contributed by atoms with Crippen LogP contribution in [0.25, 0.3) is 22.3 Å². The van der Waals surface area contributed by atoms with Crippen LogP contribution < -0.4 is 31.5 Å². The van der Waals surface area contributed by atoms with Gasteiger partial charge in [-0.2, -0.15) is 26.3 Å². The van der Waals surface area contributed by atoms with Gasteiger partial charge in [-0.3, -0.25) is 19.6 Å². The van der Waals surface area contributed by atoms with E-state index in [-0.39, 0.29) is 17.2 Å². The molecule has 8 rings (SSSR count). The van der Waals surface area contributed by atoms with Crippen LogP contribution in [-0.4, -0.2) is 108 Å². The van der Waals surface area contributed by atoms with Crippen molar-refractivity contribution < 1.29 is 54.9 Å². The number of alkyl halides is 6. The number of nitrogens with two attached hydrogens (primary N) is 1. The third-order valence-electron chi connectivity index (χ3n) is 12.1. The summed E-state index contributed by atoms with van der Waals surface area (Å²) in [5.41, 5.74) is 9.47. The number of aryl methyl sites for hydroxylation is 2. The standard InChI is InChI=1S/C32H34F3N5O4.C27H26F3N5O2/c1-20-6-8-25(39-29(41)22-10-11-36-27(17-22)32(33,34)35)19-26(20)23-16-24(38-28(18-23)40-12-14-43-15-13-40)9-7-21(2)37-30(42)44-31(3,4)5;1-17-3-5-22(34-26(36)19-7-8-32-24(14-19)27(28,29)30)16-23(17)20-13-21(6-4-18(2)31)33-25(15-20)35-9-11-37-12-10-35/h6,8,10-11,16-19,21H,12-15H2,1-5H3,(H,37,42)(H,39,41);3,5,7-8,13-16,18H,9-12,31H2,1-2H3,(H,34,36)/t21-;18-/m11/s1. The molecule has 424 valence electrons. The molecule has 0 saturated carbocycles. The molecule has 16 nitrogen and oxygen atoms in total. The van der Waals surface area contributed by atoms with Crippen molar-refractivity contribution in [3.63, 3.8) is 0 Å². The predicted molar refractivity (Wildman–Crippen MR) is 296 cm³/mol. The van der Waals surface area contributed by atoms with Gasteiger partial charge in [0.05, 0.1) is 38.5 Å². The summed E-state index contributed by atoms with van der Waals surface area (Å²) in [4.78, 5) is 58.0. The van der Waals surface area contributed by atoms with E-state index in [1.165, 1.54) is 12.1 Å². The zero-order valence-electron chi connectivity index (χ0n) is 45.5. The highest BCUT2D eigenvalue weighted by atomic mass is 19.4. The van der Waals surface area contributed by atoms with E-state index in [1.54, 1.807) is 58.9 Å². The molecule has 2 fully saturated rings. The quantitative estimate of drug-likeness (QED) is 0.0789. The molecule has 0 spiro atoms.